The fraction of sp³-hybridized carbons (Fsp3) is 0.333. The molecular weight excluding hydrogens is 474 g/mol. The largest absolute Gasteiger partial charge is 0.493 e. The predicted molar refractivity (Wildman–Crippen MR) is 136 cm³/mol. The first-order chi connectivity index (χ1) is 18.1. The van der Waals surface area contributed by atoms with E-state index in [4.69, 9.17) is 24.0 Å². The van der Waals surface area contributed by atoms with Crippen molar-refractivity contribution >= 4 is 17.0 Å². The molecule has 0 unspecified atom stereocenters. The van der Waals surface area contributed by atoms with Crippen molar-refractivity contribution in [2.24, 2.45) is 0 Å². The minimum absolute atomic E-state index is 0.0821. The number of hydrogen-bond acceptors (Lipinski definition) is 8. The normalized spacial score (nSPS) is 18.0. The molecule has 10 heteroatoms. The van der Waals surface area contributed by atoms with E-state index in [9.17, 15) is 4.79 Å². The van der Waals surface area contributed by atoms with Crippen molar-refractivity contribution < 1.29 is 23.7 Å². The lowest BCUT2D eigenvalue weighted by atomic mass is 10.0. The number of benzene rings is 2. The first kappa shape index (κ1) is 23.4. The van der Waals surface area contributed by atoms with E-state index in [0.29, 0.717) is 55.7 Å². The van der Waals surface area contributed by atoms with Crippen molar-refractivity contribution in [3.05, 3.63) is 55.0 Å². The van der Waals surface area contributed by atoms with E-state index in [1.807, 2.05) is 48.1 Å². The SMILES string of the molecule is COc1cc2ncnc(-c3cn(C4COC4)nc3-c3ccccc3)c2cc1OC(=O)N1CCOC[C@@H]1C. The molecule has 2 aromatic heterocycles. The van der Waals surface area contributed by atoms with Crippen LogP contribution in [-0.4, -0.2) is 76.9 Å². The van der Waals surface area contributed by atoms with Gasteiger partial charge in [-0.1, -0.05) is 30.3 Å². The molecule has 2 fully saturated rings. The van der Waals surface area contributed by atoms with Gasteiger partial charge < -0.3 is 23.8 Å². The van der Waals surface area contributed by atoms with Gasteiger partial charge in [-0.05, 0) is 13.0 Å². The van der Waals surface area contributed by atoms with Gasteiger partial charge in [0, 0.05) is 35.3 Å². The average molecular weight is 502 g/mol. The number of ether oxygens (including phenoxy) is 4. The fourth-order valence-corrected chi connectivity index (χ4v) is 4.61. The van der Waals surface area contributed by atoms with E-state index in [2.05, 4.69) is 9.97 Å². The topological polar surface area (TPSA) is 101 Å². The fourth-order valence-electron chi connectivity index (χ4n) is 4.61. The highest BCUT2D eigenvalue weighted by atomic mass is 16.6. The van der Waals surface area contributed by atoms with Gasteiger partial charge in [0.1, 0.15) is 12.0 Å². The van der Waals surface area contributed by atoms with Crippen LogP contribution in [0, 0.1) is 0 Å². The summed E-state index contributed by atoms with van der Waals surface area (Å²) in [5.41, 5.74) is 4.00. The van der Waals surface area contributed by atoms with Crippen LogP contribution in [0.25, 0.3) is 33.4 Å². The summed E-state index contributed by atoms with van der Waals surface area (Å²) in [6, 6.07) is 13.6. The van der Waals surface area contributed by atoms with Crippen LogP contribution in [0.1, 0.15) is 13.0 Å². The summed E-state index contributed by atoms with van der Waals surface area (Å²) in [4.78, 5) is 23.8. The van der Waals surface area contributed by atoms with Crippen LogP contribution in [0.15, 0.2) is 55.0 Å². The molecule has 2 saturated heterocycles. The number of amides is 1. The van der Waals surface area contributed by atoms with E-state index in [1.54, 1.807) is 17.0 Å². The van der Waals surface area contributed by atoms with Gasteiger partial charge in [0.15, 0.2) is 11.5 Å². The summed E-state index contributed by atoms with van der Waals surface area (Å²) in [7, 11) is 1.54. The molecular formula is C27H27N5O5. The molecule has 4 aromatic rings. The molecule has 0 radical (unpaired) electrons. The lowest BCUT2D eigenvalue weighted by Gasteiger charge is -2.32. The Morgan fingerprint density at radius 3 is 2.59 bits per heavy atom. The minimum atomic E-state index is -0.449. The van der Waals surface area contributed by atoms with Crippen molar-refractivity contribution in [1.29, 1.82) is 0 Å². The van der Waals surface area contributed by atoms with Gasteiger partial charge in [-0.2, -0.15) is 5.10 Å². The van der Waals surface area contributed by atoms with Crippen LogP contribution < -0.4 is 9.47 Å². The van der Waals surface area contributed by atoms with Crippen LogP contribution in [0.4, 0.5) is 4.79 Å². The molecule has 6 rings (SSSR count). The molecule has 2 aromatic carbocycles. The maximum absolute atomic E-state index is 13.0. The Hall–Kier alpha value is -4.02. The lowest BCUT2D eigenvalue weighted by Crippen LogP contribution is -2.48. The Bertz CT molecular complexity index is 1440. The Kier molecular flexibility index (Phi) is 6.19. The van der Waals surface area contributed by atoms with Crippen molar-refractivity contribution in [2.75, 3.05) is 40.1 Å². The van der Waals surface area contributed by atoms with Crippen LogP contribution in [-0.2, 0) is 9.47 Å². The maximum atomic E-state index is 13.0. The highest BCUT2D eigenvalue weighted by Crippen LogP contribution is 2.39. The Morgan fingerprint density at radius 2 is 1.86 bits per heavy atom. The second kappa shape index (κ2) is 9.79. The molecule has 0 spiro atoms. The zero-order chi connectivity index (χ0) is 25.4. The van der Waals surface area contributed by atoms with Gasteiger partial charge in [0.2, 0.25) is 0 Å². The molecule has 0 aliphatic carbocycles. The quantitative estimate of drug-likeness (QED) is 0.405. The number of morpholine rings is 1. The molecule has 4 heterocycles. The molecule has 2 aliphatic heterocycles. The number of rotatable bonds is 5. The number of fused-ring (bicyclic) bond motifs is 1. The Labute approximate surface area is 213 Å². The summed E-state index contributed by atoms with van der Waals surface area (Å²) in [5, 5.41) is 5.63. The number of methoxy groups -OCH3 is 1. The van der Waals surface area contributed by atoms with Gasteiger partial charge in [-0.3, -0.25) is 4.68 Å². The first-order valence-electron chi connectivity index (χ1n) is 12.2. The number of aromatic nitrogens is 4. The van der Waals surface area contributed by atoms with Crippen molar-refractivity contribution in [2.45, 2.75) is 19.0 Å². The van der Waals surface area contributed by atoms with Crippen LogP contribution in [0.5, 0.6) is 11.5 Å². The van der Waals surface area contributed by atoms with Crippen molar-refractivity contribution in [3.8, 4) is 34.0 Å². The van der Waals surface area contributed by atoms with Crippen LogP contribution in [0.2, 0.25) is 0 Å². The van der Waals surface area contributed by atoms with E-state index in [1.165, 1.54) is 13.4 Å². The lowest BCUT2D eigenvalue weighted by molar-refractivity contribution is -0.0285. The van der Waals surface area contributed by atoms with E-state index in [0.717, 1.165) is 22.2 Å². The van der Waals surface area contributed by atoms with Gasteiger partial charge in [0.25, 0.3) is 0 Å². The van der Waals surface area contributed by atoms with Gasteiger partial charge in [-0.15, -0.1) is 0 Å². The molecule has 0 saturated carbocycles. The number of hydrogen-bond donors (Lipinski definition) is 0. The molecule has 0 N–H and O–H groups in total. The molecule has 190 valence electrons. The van der Waals surface area contributed by atoms with Crippen LogP contribution in [0.3, 0.4) is 0 Å². The zero-order valence-electron chi connectivity index (χ0n) is 20.7. The smallest absolute Gasteiger partial charge is 0.415 e. The monoisotopic (exact) mass is 501 g/mol. The summed E-state index contributed by atoms with van der Waals surface area (Å²) >= 11 is 0. The third-order valence-electron chi connectivity index (χ3n) is 6.75. The van der Waals surface area contributed by atoms with Gasteiger partial charge in [-0.25, -0.2) is 14.8 Å². The minimum Gasteiger partial charge on any atom is -0.493 e. The van der Waals surface area contributed by atoms with E-state index < -0.39 is 6.09 Å². The molecule has 0 bridgehead atoms. The first-order valence-corrected chi connectivity index (χ1v) is 12.2. The summed E-state index contributed by atoms with van der Waals surface area (Å²) in [6.45, 7) is 4.59. The second-order valence-electron chi connectivity index (χ2n) is 9.16. The zero-order valence-corrected chi connectivity index (χ0v) is 20.7. The summed E-state index contributed by atoms with van der Waals surface area (Å²) in [6.07, 6.45) is 3.08. The maximum Gasteiger partial charge on any atom is 0.415 e. The van der Waals surface area contributed by atoms with Crippen molar-refractivity contribution in [1.82, 2.24) is 24.6 Å². The highest BCUT2D eigenvalue weighted by molar-refractivity contribution is 5.97. The number of carbonyl (C=O) groups excluding carboxylic acids is 1. The third kappa shape index (κ3) is 4.38. The average Bonchev–Trinajstić information content (AvgIpc) is 3.32. The van der Waals surface area contributed by atoms with Crippen LogP contribution >= 0.6 is 0 Å². The highest BCUT2D eigenvalue weighted by Gasteiger charge is 2.28. The van der Waals surface area contributed by atoms with Crippen molar-refractivity contribution in [3.63, 3.8) is 0 Å². The molecule has 1 atom stereocenters. The molecule has 10 nitrogen and oxygen atoms in total. The Morgan fingerprint density at radius 1 is 1.03 bits per heavy atom. The summed E-state index contributed by atoms with van der Waals surface area (Å²) in [5.74, 6) is 0.716. The molecule has 1 amide bonds. The van der Waals surface area contributed by atoms with Gasteiger partial charge >= 0.3 is 6.09 Å². The summed E-state index contributed by atoms with van der Waals surface area (Å²) < 4.78 is 24.2. The van der Waals surface area contributed by atoms with E-state index in [-0.39, 0.29) is 12.1 Å². The standard InChI is InChI=1S/C27H27N5O5/c1-17-13-35-9-8-31(17)27(33)37-24-10-20-22(11-23(24)34-2)28-16-29-26(20)21-12-32(19-14-36-15-19)30-25(21)18-6-4-3-5-7-18/h3-7,10-12,16-17,19H,8-9,13-15H2,1-2H3/t17-/m0/s1. The Balaban J connectivity index is 1.45. The second-order valence-corrected chi connectivity index (χ2v) is 9.16. The van der Waals surface area contributed by atoms with Gasteiger partial charge in [0.05, 0.1) is 56.8 Å². The van der Waals surface area contributed by atoms with E-state index >= 15 is 0 Å². The molecule has 37 heavy (non-hydrogen) atoms. The number of carbonyl (C=O) groups is 1. The number of nitrogens with zero attached hydrogens (tertiary/aromatic N) is 5. The molecule has 2 aliphatic rings. The predicted octanol–water partition coefficient (Wildman–Crippen LogP) is 3.96. The third-order valence-corrected chi connectivity index (χ3v) is 6.75.